The van der Waals surface area contributed by atoms with Gasteiger partial charge in [0.2, 0.25) is 11.8 Å². The summed E-state index contributed by atoms with van der Waals surface area (Å²) in [6.45, 7) is 4.63. The molecule has 0 saturated heterocycles. The molecule has 0 aliphatic rings. The maximum absolute atomic E-state index is 12.3. The van der Waals surface area contributed by atoms with Crippen molar-refractivity contribution >= 4 is 11.8 Å². The molecule has 0 radical (unpaired) electrons. The molecule has 0 saturated carbocycles. The number of nitrogens with two attached hydrogens (primary N) is 1. The Kier molecular flexibility index (Phi) is 5.89. The second kappa shape index (κ2) is 8.10. The maximum Gasteiger partial charge on any atom is 0.253 e. The number of pyridine rings is 1. The number of hydrogen-bond acceptors (Lipinski definition) is 4. The van der Waals surface area contributed by atoms with Crippen LogP contribution in [0.1, 0.15) is 35.8 Å². The van der Waals surface area contributed by atoms with Crippen molar-refractivity contribution in [1.82, 2.24) is 10.3 Å². The van der Waals surface area contributed by atoms with Crippen LogP contribution in [0.2, 0.25) is 0 Å². The van der Waals surface area contributed by atoms with E-state index < -0.39 is 17.9 Å². The lowest BCUT2D eigenvalue weighted by Crippen LogP contribution is -2.37. The van der Waals surface area contributed by atoms with E-state index in [1.807, 2.05) is 19.9 Å². The number of hydrogen-bond donors (Lipinski definition) is 2. The molecule has 1 aromatic heterocycles. The molecule has 0 fully saturated rings. The molecule has 6 nitrogen and oxygen atoms in total. The van der Waals surface area contributed by atoms with Gasteiger partial charge in [-0.1, -0.05) is 44.2 Å². The van der Waals surface area contributed by atoms with Crippen molar-refractivity contribution in [2.24, 2.45) is 11.7 Å². The van der Waals surface area contributed by atoms with Gasteiger partial charge < -0.3 is 15.8 Å². The van der Waals surface area contributed by atoms with Gasteiger partial charge in [0.25, 0.3) is 5.91 Å². The Morgan fingerprint density at radius 3 is 2.42 bits per heavy atom. The molecule has 126 valence electrons. The lowest BCUT2D eigenvalue weighted by Gasteiger charge is -2.16. The molecule has 1 unspecified atom stereocenters. The second-order valence-electron chi connectivity index (χ2n) is 5.81. The number of primary amides is 1. The van der Waals surface area contributed by atoms with Crippen LogP contribution in [-0.2, 0) is 4.79 Å². The van der Waals surface area contributed by atoms with Crippen LogP contribution in [0.25, 0.3) is 0 Å². The number of amides is 2. The number of nitrogens with one attached hydrogen (secondary N) is 1. The Hall–Kier alpha value is -2.89. The molecule has 0 aliphatic heterocycles. The average Bonchev–Trinajstić information content (AvgIpc) is 2.58. The summed E-state index contributed by atoms with van der Waals surface area (Å²) in [5.41, 5.74) is 6.35. The fourth-order valence-electron chi connectivity index (χ4n) is 2.03. The van der Waals surface area contributed by atoms with E-state index in [2.05, 4.69) is 10.3 Å². The van der Waals surface area contributed by atoms with Gasteiger partial charge in [0.15, 0.2) is 0 Å². The number of carbonyl (C=O) groups excluding carboxylic acids is 2. The molecule has 0 aliphatic carbocycles. The first-order valence-corrected chi connectivity index (χ1v) is 7.71. The van der Waals surface area contributed by atoms with Gasteiger partial charge in [0.1, 0.15) is 6.04 Å². The van der Waals surface area contributed by atoms with Crippen LogP contribution < -0.4 is 15.8 Å². The van der Waals surface area contributed by atoms with E-state index in [4.69, 9.17) is 10.5 Å². The molecule has 2 rings (SSSR count). The third kappa shape index (κ3) is 4.81. The van der Waals surface area contributed by atoms with E-state index in [-0.39, 0.29) is 0 Å². The summed E-state index contributed by atoms with van der Waals surface area (Å²) in [7, 11) is 0. The van der Waals surface area contributed by atoms with Crippen molar-refractivity contribution in [3.05, 3.63) is 59.8 Å². The minimum absolute atomic E-state index is 0.328. The molecule has 2 amide bonds. The lowest BCUT2D eigenvalue weighted by molar-refractivity contribution is -0.120. The monoisotopic (exact) mass is 327 g/mol. The highest BCUT2D eigenvalue weighted by Gasteiger charge is 2.20. The summed E-state index contributed by atoms with van der Waals surface area (Å²) in [6, 6.07) is 11.2. The predicted octanol–water partition coefficient (Wildman–Crippen LogP) is 2.07. The first-order chi connectivity index (χ1) is 11.5. The van der Waals surface area contributed by atoms with E-state index >= 15 is 0 Å². The minimum atomic E-state index is -0.893. The SMILES string of the molecule is CC(C)COc1ccc(C(=O)NC(C(N)=O)c2ccccc2)cn1. The molecular weight excluding hydrogens is 306 g/mol. The van der Waals surface area contributed by atoms with Crippen molar-refractivity contribution in [2.45, 2.75) is 19.9 Å². The zero-order valence-electron chi connectivity index (χ0n) is 13.7. The van der Waals surface area contributed by atoms with Crippen molar-refractivity contribution in [2.75, 3.05) is 6.61 Å². The van der Waals surface area contributed by atoms with E-state index in [0.717, 1.165) is 0 Å². The number of aromatic nitrogens is 1. The number of benzene rings is 1. The molecule has 1 atom stereocenters. The van der Waals surface area contributed by atoms with Crippen LogP contribution in [0.15, 0.2) is 48.7 Å². The highest BCUT2D eigenvalue weighted by atomic mass is 16.5. The van der Waals surface area contributed by atoms with Gasteiger partial charge in [-0.25, -0.2) is 4.98 Å². The quantitative estimate of drug-likeness (QED) is 0.814. The normalized spacial score (nSPS) is 11.8. The third-order valence-electron chi connectivity index (χ3n) is 3.26. The smallest absolute Gasteiger partial charge is 0.253 e. The van der Waals surface area contributed by atoms with Crippen LogP contribution in [-0.4, -0.2) is 23.4 Å². The Morgan fingerprint density at radius 2 is 1.88 bits per heavy atom. The lowest BCUT2D eigenvalue weighted by atomic mass is 10.1. The number of ether oxygens (including phenoxy) is 1. The van der Waals surface area contributed by atoms with Crippen LogP contribution in [0.4, 0.5) is 0 Å². The van der Waals surface area contributed by atoms with E-state index in [1.165, 1.54) is 6.20 Å². The fraction of sp³-hybridized carbons (Fsp3) is 0.278. The number of nitrogens with zero attached hydrogens (tertiary/aromatic N) is 1. The van der Waals surface area contributed by atoms with Gasteiger partial charge in [-0.2, -0.15) is 0 Å². The summed E-state index contributed by atoms with van der Waals surface area (Å²) in [6.07, 6.45) is 1.41. The van der Waals surface area contributed by atoms with Gasteiger partial charge in [-0.15, -0.1) is 0 Å². The Bertz CT molecular complexity index is 684. The van der Waals surface area contributed by atoms with E-state index in [9.17, 15) is 9.59 Å². The van der Waals surface area contributed by atoms with Gasteiger partial charge in [-0.3, -0.25) is 9.59 Å². The second-order valence-corrected chi connectivity index (χ2v) is 5.81. The topological polar surface area (TPSA) is 94.3 Å². The first-order valence-electron chi connectivity index (χ1n) is 7.71. The third-order valence-corrected chi connectivity index (χ3v) is 3.26. The standard InChI is InChI=1S/C18H21N3O3/c1-12(2)11-24-15-9-8-14(10-20-15)18(23)21-16(17(19)22)13-6-4-3-5-7-13/h3-10,12,16H,11H2,1-2H3,(H2,19,22)(H,21,23). The molecule has 0 bridgehead atoms. The summed E-state index contributed by atoms with van der Waals surface area (Å²) >= 11 is 0. The minimum Gasteiger partial charge on any atom is -0.477 e. The predicted molar refractivity (Wildman–Crippen MR) is 90.4 cm³/mol. The van der Waals surface area contributed by atoms with Crippen molar-refractivity contribution in [3.63, 3.8) is 0 Å². The molecule has 0 spiro atoms. The first kappa shape index (κ1) is 17.5. The molecule has 24 heavy (non-hydrogen) atoms. The van der Waals surface area contributed by atoms with Crippen LogP contribution in [0.3, 0.4) is 0 Å². The van der Waals surface area contributed by atoms with Crippen molar-refractivity contribution in [1.29, 1.82) is 0 Å². The zero-order chi connectivity index (χ0) is 17.5. The number of rotatable bonds is 7. The van der Waals surface area contributed by atoms with Crippen LogP contribution >= 0.6 is 0 Å². The summed E-state index contributed by atoms with van der Waals surface area (Å²) < 4.78 is 5.47. The van der Waals surface area contributed by atoms with Crippen LogP contribution in [0, 0.1) is 5.92 Å². The molecule has 1 aromatic carbocycles. The van der Waals surface area contributed by atoms with Crippen LogP contribution in [0.5, 0.6) is 5.88 Å². The van der Waals surface area contributed by atoms with Gasteiger partial charge in [0.05, 0.1) is 12.2 Å². The van der Waals surface area contributed by atoms with Crippen molar-refractivity contribution in [3.8, 4) is 5.88 Å². The van der Waals surface area contributed by atoms with Crippen molar-refractivity contribution < 1.29 is 14.3 Å². The van der Waals surface area contributed by atoms with E-state index in [0.29, 0.717) is 29.5 Å². The highest BCUT2D eigenvalue weighted by molar-refractivity contribution is 5.97. The summed E-state index contributed by atoms with van der Waals surface area (Å²) in [5.74, 6) is -0.211. The zero-order valence-corrected chi connectivity index (χ0v) is 13.7. The largest absolute Gasteiger partial charge is 0.477 e. The molecule has 3 N–H and O–H groups in total. The number of carbonyl (C=O) groups is 2. The molecule has 1 heterocycles. The molecular formula is C18H21N3O3. The van der Waals surface area contributed by atoms with Gasteiger partial charge >= 0.3 is 0 Å². The highest BCUT2D eigenvalue weighted by Crippen LogP contribution is 2.14. The van der Waals surface area contributed by atoms with Gasteiger partial charge in [-0.05, 0) is 17.5 Å². The maximum atomic E-state index is 12.3. The summed E-state index contributed by atoms with van der Waals surface area (Å²) in [5, 5.41) is 2.62. The molecule has 6 heteroatoms. The van der Waals surface area contributed by atoms with Gasteiger partial charge in [0, 0.05) is 12.3 Å². The Balaban J connectivity index is 2.06. The summed E-state index contributed by atoms with van der Waals surface area (Å²) in [4.78, 5) is 28.0. The average molecular weight is 327 g/mol. The fourth-order valence-corrected chi connectivity index (χ4v) is 2.03. The van der Waals surface area contributed by atoms with E-state index in [1.54, 1.807) is 36.4 Å². The Labute approximate surface area is 141 Å². The molecule has 2 aromatic rings. The Morgan fingerprint density at radius 1 is 1.17 bits per heavy atom.